The SMILES string of the molecule is Cc1cccc2c1NC(=O)C2NC1CC1C. The number of aryl methyl sites for hydroxylation is 1. The van der Waals surface area contributed by atoms with Crippen molar-refractivity contribution in [3.8, 4) is 0 Å². The Kier molecular flexibility index (Phi) is 2.04. The lowest BCUT2D eigenvalue weighted by atomic mass is 10.1. The lowest BCUT2D eigenvalue weighted by Crippen LogP contribution is -2.29. The van der Waals surface area contributed by atoms with Crippen LogP contribution in [0.2, 0.25) is 0 Å². The zero-order valence-corrected chi connectivity index (χ0v) is 9.58. The number of hydrogen-bond donors (Lipinski definition) is 2. The highest BCUT2D eigenvalue weighted by Crippen LogP contribution is 2.37. The molecule has 0 spiro atoms. The number of hydrogen-bond acceptors (Lipinski definition) is 2. The van der Waals surface area contributed by atoms with Crippen LogP contribution in [0.5, 0.6) is 0 Å². The molecule has 0 radical (unpaired) electrons. The summed E-state index contributed by atoms with van der Waals surface area (Å²) < 4.78 is 0. The number of anilines is 1. The lowest BCUT2D eigenvalue weighted by molar-refractivity contribution is -0.117. The number of para-hydroxylation sites is 1. The fraction of sp³-hybridized carbons (Fsp3) is 0.462. The predicted octanol–water partition coefficient (Wildman–Crippen LogP) is 1.99. The lowest BCUT2D eigenvalue weighted by Gasteiger charge is -2.10. The average Bonchev–Trinajstić information content (AvgIpc) is 2.84. The third-order valence-corrected chi connectivity index (χ3v) is 3.62. The van der Waals surface area contributed by atoms with E-state index in [-0.39, 0.29) is 11.9 Å². The molecule has 3 rings (SSSR count). The Morgan fingerprint density at radius 3 is 2.88 bits per heavy atom. The first-order valence-electron chi connectivity index (χ1n) is 5.83. The Hall–Kier alpha value is -1.35. The summed E-state index contributed by atoms with van der Waals surface area (Å²) in [5.74, 6) is 0.796. The van der Waals surface area contributed by atoms with E-state index in [1.807, 2.05) is 25.1 Å². The summed E-state index contributed by atoms with van der Waals surface area (Å²) in [6.07, 6.45) is 1.19. The summed E-state index contributed by atoms with van der Waals surface area (Å²) in [6.45, 7) is 4.24. The van der Waals surface area contributed by atoms with Crippen LogP contribution in [0.15, 0.2) is 18.2 Å². The van der Waals surface area contributed by atoms with Crippen LogP contribution < -0.4 is 10.6 Å². The van der Waals surface area contributed by atoms with Crippen LogP contribution >= 0.6 is 0 Å². The molecule has 3 nitrogen and oxygen atoms in total. The third kappa shape index (κ3) is 1.43. The standard InChI is InChI=1S/C13H16N2O/c1-7-4-3-5-9-11(7)15-13(16)12(9)14-10-6-8(10)2/h3-5,8,10,12,14H,6H2,1-2H3,(H,15,16). The van der Waals surface area contributed by atoms with Gasteiger partial charge < -0.3 is 5.32 Å². The predicted molar refractivity (Wildman–Crippen MR) is 63.3 cm³/mol. The number of fused-ring (bicyclic) bond motifs is 1. The Bertz CT molecular complexity index is 455. The second kappa shape index (κ2) is 3.32. The molecule has 0 aromatic heterocycles. The van der Waals surface area contributed by atoms with E-state index in [9.17, 15) is 4.79 Å². The van der Waals surface area contributed by atoms with Gasteiger partial charge in [0.2, 0.25) is 5.91 Å². The van der Waals surface area contributed by atoms with Crippen molar-refractivity contribution in [3.63, 3.8) is 0 Å². The number of carbonyl (C=O) groups is 1. The minimum atomic E-state index is -0.148. The molecule has 0 saturated heterocycles. The Morgan fingerprint density at radius 2 is 2.19 bits per heavy atom. The average molecular weight is 216 g/mol. The van der Waals surface area contributed by atoms with E-state index in [4.69, 9.17) is 0 Å². The van der Waals surface area contributed by atoms with Crippen LogP contribution in [-0.2, 0) is 4.79 Å². The summed E-state index contributed by atoms with van der Waals surface area (Å²) >= 11 is 0. The van der Waals surface area contributed by atoms with Crippen molar-refractivity contribution >= 4 is 11.6 Å². The van der Waals surface area contributed by atoms with Crippen molar-refractivity contribution in [1.82, 2.24) is 5.32 Å². The molecule has 2 N–H and O–H groups in total. The summed E-state index contributed by atoms with van der Waals surface area (Å²) in [5.41, 5.74) is 3.24. The maximum Gasteiger partial charge on any atom is 0.246 e. The molecule has 3 atom stereocenters. The van der Waals surface area contributed by atoms with E-state index in [1.54, 1.807) is 0 Å². The van der Waals surface area contributed by atoms with Crippen LogP contribution in [0.4, 0.5) is 5.69 Å². The molecular weight excluding hydrogens is 200 g/mol. The van der Waals surface area contributed by atoms with Gasteiger partial charge in [0.1, 0.15) is 6.04 Å². The molecule has 1 fully saturated rings. The highest BCUT2D eigenvalue weighted by Gasteiger charge is 2.39. The molecule has 3 unspecified atom stereocenters. The van der Waals surface area contributed by atoms with E-state index >= 15 is 0 Å². The van der Waals surface area contributed by atoms with Gasteiger partial charge in [0.15, 0.2) is 0 Å². The van der Waals surface area contributed by atoms with Gasteiger partial charge in [-0.05, 0) is 24.8 Å². The quantitative estimate of drug-likeness (QED) is 0.793. The molecule has 1 heterocycles. The van der Waals surface area contributed by atoms with Gasteiger partial charge in [0.05, 0.1) is 0 Å². The highest BCUT2D eigenvalue weighted by molar-refractivity contribution is 6.03. The van der Waals surface area contributed by atoms with Crippen LogP contribution in [-0.4, -0.2) is 11.9 Å². The number of benzene rings is 1. The number of amides is 1. The number of carbonyl (C=O) groups excluding carboxylic acids is 1. The van der Waals surface area contributed by atoms with Crippen molar-refractivity contribution in [3.05, 3.63) is 29.3 Å². The van der Waals surface area contributed by atoms with Crippen molar-refractivity contribution in [2.45, 2.75) is 32.4 Å². The maximum atomic E-state index is 11.9. The van der Waals surface area contributed by atoms with E-state index in [2.05, 4.69) is 17.6 Å². The molecule has 1 amide bonds. The van der Waals surface area contributed by atoms with Crippen LogP contribution in [0.3, 0.4) is 0 Å². The van der Waals surface area contributed by atoms with Gasteiger partial charge in [0, 0.05) is 17.3 Å². The molecule has 1 aliphatic heterocycles. The summed E-state index contributed by atoms with van der Waals surface area (Å²) in [7, 11) is 0. The van der Waals surface area contributed by atoms with Crippen LogP contribution in [0.1, 0.15) is 30.5 Å². The first-order chi connectivity index (χ1) is 7.66. The summed E-state index contributed by atoms with van der Waals surface area (Å²) in [4.78, 5) is 11.9. The molecule has 1 aromatic carbocycles. The molecule has 16 heavy (non-hydrogen) atoms. The van der Waals surface area contributed by atoms with Gasteiger partial charge in [-0.2, -0.15) is 0 Å². The molecule has 1 aliphatic carbocycles. The Morgan fingerprint density at radius 1 is 1.44 bits per heavy atom. The zero-order valence-electron chi connectivity index (χ0n) is 9.58. The highest BCUT2D eigenvalue weighted by atomic mass is 16.2. The molecule has 2 aliphatic rings. The van der Waals surface area contributed by atoms with Crippen molar-refractivity contribution < 1.29 is 4.79 Å². The second-order valence-corrected chi connectivity index (χ2v) is 4.95. The third-order valence-electron chi connectivity index (χ3n) is 3.62. The van der Waals surface area contributed by atoms with Crippen molar-refractivity contribution in [1.29, 1.82) is 0 Å². The zero-order chi connectivity index (χ0) is 11.3. The second-order valence-electron chi connectivity index (χ2n) is 4.95. The molecule has 3 heteroatoms. The first kappa shape index (κ1) is 9.85. The monoisotopic (exact) mass is 216 g/mol. The van der Waals surface area contributed by atoms with E-state index in [0.717, 1.165) is 16.8 Å². The largest absolute Gasteiger partial charge is 0.324 e. The Labute approximate surface area is 95.2 Å². The molecule has 84 valence electrons. The molecule has 1 aromatic rings. The van der Waals surface area contributed by atoms with Gasteiger partial charge in [-0.25, -0.2) is 0 Å². The Balaban J connectivity index is 1.90. The maximum absolute atomic E-state index is 11.9. The fourth-order valence-corrected chi connectivity index (χ4v) is 2.37. The van der Waals surface area contributed by atoms with Gasteiger partial charge in [-0.15, -0.1) is 0 Å². The molecule has 0 bridgehead atoms. The minimum Gasteiger partial charge on any atom is -0.324 e. The normalized spacial score (nSPS) is 31.1. The van der Waals surface area contributed by atoms with Gasteiger partial charge in [-0.1, -0.05) is 25.1 Å². The number of nitrogens with one attached hydrogen (secondary N) is 2. The van der Waals surface area contributed by atoms with Gasteiger partial charge >= 0.3 is 0 Å². The van der Waals surface area contributed by atoms with E-state index in [0.29, 0.717) is 12.0 Å². The van der Waals surface area contributed by atoms with Crippen molar-refractivity contribution in [2.24, 2.45) is 5.92 Å². The summed E-state index contributed by atoms with van der Waals surface area (Å²) in [5, 5.41) is 6.39. The van der Waals surface area contributed by atoms with Gasteiger partial charge in [-0.3, -0.25) is 10.1 Å². The number of rotatable bonds is 2. The molecule has 1 saturated carbocycles. The fourth-order valence-electron chi connectivity index (χ4n) is 2.37. The van der Waals surface area contributed by atoms with Gasteiger partial charge in [0.25, 0.3) is 0 Å². The summed E-state index contributed by atoms with van der Waals surface area (Å²) in [6, 6.07) is 6.44. The van der Waals surface area contributed by atoms with Crippen LogP contribution in [0, 0.1) is 12.8 Å². The minimum absolute atomic E-state index is 0.0865. The van der Waals surface area contributed by atoms with E-state index in [1.165, 1.54) is 6.42 Å². The molecular formula is C13H16N2O. The van der Waals surface area contributed by atoms with Crippen LogP contribution in [0.25, 0.3) is 0 Å². The topological polar surface area (TPSA) is 41.1 Å². The van der Waals surface area contributed by atoms with E-state index < -0.39 is 0 Å². The first-order valence-corrected chi connectivity index (χ1v) is 5.83. The smallest absolute Gasteiger partial charge is 0.246 e. The van der Waals surface area contributed by atoms with Crippen molar-refractivity contribution in [2.75, 3.05) is 5.32 Å².